The lowest BCUT2D eigenvalue weighted by Crippen LogP contribution is -2.46. The summed E-state index contributed by atoms with van der Waals surface area (Å²) in [5.74, 6) is 2.64. The molecular weight excluding hydrogens is 290 g/mol. The van der Waals surface area contributed by atoms with Crippen molar-refractivity contribution in [1.82, 2.24) is 14.9 Å². The van der Waals surface area contributed by atoms with Crippen LogP contribution in [-0.2, 0) is 0 Å². The third-order valence-electron chi connectivity index (χ3n) is 4.44. The molecule has 0 spiro atoms. The average Bonchev–Trinajstić information content (AvgIpc) is 2.49. The SMILES string of the molecule is CCCCSc1nccnc1C1CN2CCC1CC2.Cl. The predicted molar refractivity (Wildman–Crippen MR) is 86.8 cm³/mol. The van der Waals surface area contributed by atoms with Crippen molar-refractivity contribution in [2.24, 2.45) is 5.92 Å². The minimum Gasteiger partial charge on any atom is -0.303 e. The van der Waals surface area contributed by atoms with Crippen molar-refractivity contribution in [1.29, 1.82) is 0 Å². The zero-order valence-electron chi connectivity index (χ0n) is 12.1. The Morgan fingerprint density at radius 3 is 2.65 bits per heavy atom. The number of nitrogens with zero attached hydrogens (tertiary/aromatic N) is 3. The molecule has 0 saturated carbocycles. The Morgan fingerprint density at radius 1 is 1.25 bits per heavy atom. The molecule has 112 valence electrons. The normalized spacial score (nSPS) is 28.1. The maximum atomic E-state index is 4.69. The lowest BCUT2D eigenvalue weighted by atomic mass is 9.77. The summed E-state index contributed by atoms with van der Waals surface area (Å²) in [5.41, 5.74) is 1.28. The van der Waals surface area contributed by atoms with Gasteiger partial charge in [-0.1, -0.05) is 13.3 Å². The molecule has 0 aromatic carbocycles. The van der Waals surface area contributed by atoms with Gasteiger partial charge in [0.25, 0.3) is 0 Å². The third-order valence-corrected chi connectivity index (χ3v) is 5.52. The molecule has 0 N–H and O–H groups in total. The van der Waals surface area contributed by atoms with E-state index in [0.29, 0.717) is 5.92 Å². The summed E-state index contributed by atoms with van der Waals surface area (Å²) >= 11 is 1.90. The van der Waals surface area contributed by atoms with Gasteiger partial charge in [-0.05, 0) is 44.0 Å². The van der Waals surface area contributed by atoms with Crippen molar-refractivity contribution in [3.05, 3.63) is 18.1 Å². The first-order valence-electron chi connectivity index (χ1n) is 7.54. The van der Waals surface area contributed by atoms with Crippen LogP contribution < -0.4 is 0 Å². The number of rotatable bonds is 5. The molecule has 1 unspecified atom stereocenters. The first kappa shape index (κ1) is 16.1. The van der Waals surface area contributed by atoms with Gasteiger partial charge in [-0.15, -0.1) is 24.2 Å². The molecule has 3 aliphatic rings. The highest BCUT2D eigenvalue weighted by atomic mass is 35.5. The van der Waals surface area contributed by atoms with Crippen LogP contribution in [0.2, 0.25) is 0 Å². The number of aromatic nitrogens is 2. The molecule has 3 fully saturated rings. The number of hydrogen-bond donors (Lipinski definition) is 0. The third kappa shape index (κ3) is 3.46. The molecule has 0 aliphatic carbocycles. The topological polar surface area (TPSA) is 29.0 Å². The van der Waals surface area contributed by atoms with Gasteiger partial charge in [0.2, 0.25) is 0 Å². The van der Waals surface area contributed by atoms with E-state index < -0.39 is 0 Å². The maximum absolute atomic E-state index is 4.69. The molecule has 20 heavy (non-hydrogen) atoms. The Bertz CT molecular complexity index is 421. The number of piperidine rings is 3. The van der Waals surface area contributed by atoms with Crippen LogP contribution in [0.5, 0.6) is 0 Å². The van der Waals surface area contributed by atoms with E-state index in [1.165, 1.54) is 61.8 Å². The van der Waals surface area contributed by atoms with E-state index in [1.807, 2.05) is 24.2 Å². The van der Waals surface area contributed by atoms with E-state index in [2.05, 4.69) is 21.8 Å². The van der Waals surface area contributed by atoms with Crippen LogP contribution in [-0.4, -0.2) is 40.3 Å². The van der Waals surface area contributed by atoms with Crippen molar-refractivity contribution in [2.75, 3.05) is 25.4 Å². The fourth-order valence-electron chi connectivity index (χ4n) is 3.29. The lowest BCUT2D eigenvalue weighted by Gasteiger charge is -2.44. The van der Waals surface area contributed by atoms with E-state index >= 15 is 0 Å². The van der Waals surface area contributed by atoms with Crippen molar-refractivity contribution < 1.29 is 0 Å². The monoisotopic (exact) mass is 313 g/mol. The quantitative estimate of drug-likeness (QED) is 0.613. The van der Waals surface area contributed by atoms with Crippen LogP contribution in [0.15, 0.2) is 17.4 Å². The Balaban J connectivity index is 0.00000147. The van der Waals surface area contributed by atoms with Crippen LogP contribution in [0, 0.1) is 5.92 Å². The summed E-state index contributed by atoms with van der Waals surface area (Å²) in [6, 6.07) is 0. The van der Waals surface area contributed by atoms with E-state index in [9.17, 15) is 0 Å². The minimum absolute atomic E-state index is 0. The predicted octanol–water partition coefficient (Wildman–Crippen LogP) is 3.60. The first-order chi connectivity index (χ1) is 9.38. The van der Waals surface area contributed by atoms with Crippen molar-refractivity contribution >= 4 is 24.2 Å². The highest BCUT2D eigenvalue weighted by molar-refractivity contribution is 7.99. The maximum Gasteiger partial charge on any atom is 0.118 e. The van der Waals surface area contributed by atoms with E-state index in [0.717, 1.165) is 5.92 Å². The molecule has 3 nitrogen and oxygen atoms in total. The Labute approximate surface area is 132 Å². The molecule has 3 aliphatic heterocycles. The molecule has 0 radical (unpaired) electrons. The summed E-state index contributed by atoms with van der Waals surface area (Å²) in [4.78, 5) is 11.9. The summed E-state index contributed by atoms with van der Waals surface area (Å²) in [7, 11) is 0. The van der Waals surface area contributed by atoms with Gasteiger partial charge in [-0.25, -0.2) is 4.98 Å². The number of unbranched alkanes of at least 4 members (excludes halogenated alkanes) is 1. The zero-order chi connectivity index (χ0) is 13.1. The van der Waals surface area contributed by atoms with Gasteiger partial charge in [-0.3, -0.25) is 4.98 Å². The molecule has 5 heteroatoms. The zero-order valence-corrected chi connectivity index (χ0v) is 13.8. The Morgan fingerprint density at radius 2 is 2.00 bits per heavy atom. The molecule has 1 aromatic rings. The molecule has 3 saturated heterocycles. The number of hydrogen-bond acceptors (Lipinski definition) is 4. The fourth-order valence-corrected chi connectivity index (χ4v) is 4.40. The molecule has 4 heterocycles. The van der Waals surface area contributed by atoms with E-state index in [4.69, 9.17) is 0 Å². The second-order valence-corrected chi connectivity index (χ2v) is 6.78. The van der Waals surface area contributed by atoms with Gasteiger partial charge in [0.15, 0.2) is 0 Å². The van der Waals surface area contributed by atoms with Gasteiger partial charge >= 0.3 is 0 Å². The average molecular weight is 314 g/mol. The van der Waals surface area contributed by atoms with Crippen LogP contribution in [0.3, 0.4) is 0 Å². The molecule has 1 aromatic heterocycles. The van der Waals surface area contributed by atoms with Crippen LogP contribution in [0.4, 0.5) is 0 Å². The lowest BCUT2D eigenvalue weighted by molar-refractivity contribution is 0.0840. The highest BCUT2D eigenvalue weighted by Gasteiger charge is 2.36. The minimum atomic E-state index is 0. The van der Waals surface area contributed by atoms with Crippen LogP contribution in [0.1, 0.15) is 44.2 Å². The van der Waals surface area contributed by atoms with Crippen LogP contribution in [0.25, 0.3) is 0 Å². The largest absolute Gasteiger partial charge is 0.303 e. The number of thioether (sulfide) groups is 1. The molecule has 0 amide bonds. The fraction of sp³-hybridized carbons (Fsp3) is 0.733. The second-order valence-electron chi connectivity index (χ2n) is 5.69. The molecule has 4 rings (SSSR count). The summed E-state index contributed by atoms with van der Waals surface area (Å²) < 4.78 is 0. The standard InChI is InChI=1S/C15H23N3S.ClH/c1-2-3-10-19-15-14(16-6-7-17-15)13-11-18-8-4-12(13)5-9-18;/h6-7,12-13H,2-5,8-11H2,1H3;1H. The van der Waals surface area contributed by atoms with Gasteiger partial charge < -0.3 is 4.90 Å². The van der Waals surface area contributed by atoms with Gasteiger partial charge in [0, 0.05) is 24.9 Å². The highest BCUT2D eigenvalue weighted by Crippen LogP contribution is 2.40. The second kappa shape index (κ2) is 7.62. The van der Waals surface area contributed by atoms with E-state index in [1.54, 1.807) is 0 Å². The summed E-state index contributed by atoms with van der Waals surface area (Å²) in [6.45, 7) is 6.02. The first-order valence-corrected chi connectivity index (χ1v) is 8.53. The van der Waals surface area contributed by atoms with Gasteiger partial charge in [0.05, 0.1) is 5.69 Å². The number of fused-ring (bicyclic) bond motifs is 3. The smallest absolute Gasteiger partial charge is 0.118 e. The number of halogens is 1. The Hall–Kier alpha value is -0.320. The molecule has 2 bridgehead atoms. The van der Waals surface area contributed by atoms with Gasteiger partial charge in [-0.2, -0.15) is 0 Å². The van der Waals surface area contributed by atoms with Crippen LogP contribution >= 0.6 is 24.2 Å². The van der Waals surface area contributed by atoms with E-state index in [-0.39, 0.29) is 12.4 Å². The summed E-state index contributed by atoms with van der Waals surface area (Å²) in [6.07, 6.45) is 8.93. The van der Waals surface area contributed by atoms with Crippen molar-refractivity contribution in [2.45, 2.75) is 43.6 Å². The summed E-state index contributed by atoms with van der Waals surface area (Å²) in [5, 5.41) is 1.19. The van der Waals surface area contributed by atoms with Crippen molar-refractivity contribution in [3.8, 4) is 0 Å². The Kier molecular flexibility index (Phi) is 6.12. The van der Waals surface area contributed by atoms with Gasteiger partial charge in [0.1, 0.15) is 5.03 Å². The molecule has 1 atom stereocenters. The molecular formula is C15H24ClN3S. The van der Waals surface area contributed by atoms with Crippen molar-refractivity contribution in [3.63, 3.8) is 0 Å².